The molecule has 1 aromatic heterocycles. The van der Waals surface area contributed by atoms with Crippen LogP contribution in [0.15, 0.2) is 23.3 Å². The Morgan fingerprint density at radius 2 is 2.14 bits per heavy atom. The van der Waals surface area contributed by atoms with Crippen molar-refractivity contribution in [3.8, 4) is 5.88 Å². The van der Waals surface area contributed by atoms with Gasteiger partial charge in [-0.2, -0.15) is 13.2 Å². The van der Waals surface area contributed by atoms with Crippen molar-refractivity contribution in [1.29, 1.82) is 0 Å². The first-order valence-corrected chi connectivity index (χ1v) is 7.00. The lowest BCUT2D eigenvalue weighted by Gasteiger charge is -2.16. The summed E-state index contributed by atoms with van der Waals surface area (Å²) >= 11 is 0. The molecule has 0 aliphatic heterocycles. The number of aromatic nitrogens is 1. The van der Waals surface area contributed by atoms with Crippen molar-refractivity contribution < 1.29 is 17.9 Å². The van der Waals surface area contributed by atoms with Gasteiger partial charge < -0.3 is 15.4 Å². The van der Waals surface area contributed by atoms with Gasteiger partial charge in [0.05, 0.1) is 12.1 Å². The second-order valence-corrected chi connectivity index (χ2v) is 4.68. The van der Waals surface area contributed by atoms with Crippen LogP contribution in [0.4, 0.5) is 13.2 Å². The highest BCUT2D eigenvalue weighted by Gasteiger charge is 2.30. The average molecular weight is 318 g/mol. The quantitative estimate of drug-likeness (QED) is 0.480. The lowest BCUT2D eigenvalue weighted by molar-refractivity contribution is -0.137. The van der Waals surface area contributed by atoms with Crippen LogP contribution in [0, 0.1) is 0 Å². The third-order valence-electron chi connectivity index (χ3n) is 2.93. The van der Waals surface area contributed by atoms with Crippen LogP contribution in [0.1, 0.15) is 25.8 Å². The Hall–Kier alpha value is -1.99. The van der Waals surface area contributed by atoms with Gasteiger partial charge in [-0.3, -0.25) is 4.99 Å². The summed E-state index contributed by atoms with van der Waals surface area (Å²) in [7, 11) is 1.66. The zero-order chi connectivity index (χ0) is 16.6. The third kappa shape index (κ3) is 6.19. The fraction of sp³-hybridized carbons (Fsp3) is 0.571. The molecule has 124 valence electrons. The molecule has 0 saturated heterocycles. The molecule has 0 aromatic carbocycles. The topological polar surface area (TPSA) is 58.5 Å². The minimum Gasteiger partial charge on any atom is -0.476 e. The Balaban J connectivity index is 2.35. The molecule has 22 heavy (non-hydrogen) atoms. The summed E-state index contributed by atoms with van der Waals surface area (Å²) in [6.07, 6.45) is -2.67. The molecular formula is C14H21F3N4O. The molecule has 0 radical (unpaired) electrons. The van der Waals surface area contributed by atoms with Crippen molar-refractivity contribution in [1.82, 2.24) is 15.6 Å². The smallest absolute Gasteiger partial charge is 0.417 e. The molecule has 1 aromatic rings. The molecule has 2 N–H and O–H groups in total. The molecule has 0 saturated carbocycles. The van der Waals surface area contributed by atoms with Crippen LogP contribution in [0.25, 0.3) is 0 Å². The molecule has 1 heterocycles. The number of ether oxygens (including phenoxy) is 1. The Morgan fingerprint density at radius 1 is 1.41 bits per heavy atom. The van der Waals surface area contributed by atoms with Gasteiger partial charge in [-0.1, -0.05) is 6.92 Å². The van der Waals surface area contributed by atoms with E-state index in [-0.39, 0.29) is 12.5 Å². The lowest BCUT2D eigenvalue weighted by atomic mass is 10.3. The van der Waals surface area contributed by atoms with Crippen molar-refractivity contribution >= 4 is 5.96 Å². The molecule has 1 unspecified atom stereocenters. The number of halogens is 3. The van der Waals surface area contributed by atoms with Crippen molar-refractivity contribution in [2.75, 3.05) is 20.2 Å². The van der Waals surface area contributed by atoms with Crippen LogP contribution in [-0.4, -0.2) is 37.2 Å². The Bertz CT molecular complexity index is 474. The average Bonchev–Trinajstić information content (AvgIpc) is 2.49. The van der Waals surface area contributed by atoms with E-state index < -0.39 is 11.7 Å². The number of hydrogen-bond acceptors (Lipinski definition) is 3. The summed E-state index contributed by atoms with van der Waals surface area (Å²) < 4.78 is 42.4. The van der Waals surface area contributed by atoms with Gasteiger partial charge in [0.1, 0.15) is 6.61 Å². The SMILES string of the molecule is CCC(C)NC(=NC)NCCOc1ccc(C(F)(F)F)cn1. The van der Waals surface area contributed by atoms with Crippen LogP contribution in [0.2, 0.25) is 0 Å². The predicted octanol–water partition coefficient (Wildman–Crippen LogP) is 2.44. The standard InChI is InChI=1S/C14H21F3N4O/c1-4-10(2)21-13(18-3)19-7-8-22-12-6-5-11(9-20-12)14(15,16)17/h5-6,9-10H,4,7-8H2,1-3H3,(H2,18,19,21). The largest absolute Gasteiger partial charge is 0.476 e. The second kappa shape index (κ2) is 8.45. The first-order valence-electron chi connectivity index (χ1n) is 7.00. The number of nitrogens with one attached hydrogen (secondary N) is 2. The molecule has 1 atom stereocenters. The van der Waals surface area contributed by atoms with Gasteiger partial charge in [-0.05, 0) is 19.4 Å². The first kappa shape index (κ1) is 18.1. The predicted molar refractivity (Wildman–Crippen MR) is 79.0 cm³/mol. The third-order valence-corrected chi connectivity index (χ3v) is 2.93. The Morgan fingerprint density at radius 3 is 2.64 bits per heavy atom. The van der Waals surface area contributed by atoms with E-state index in [2.05, 4.69) is 27.5 Å². The summed E-state index contributed by atoms with van der Waals surface area (Å²) in [4.78, 5) is 7.69. The van der Waals surface area contributed by atoms with E-state index in [9.17, 15) is 13.2 Å². The molecular weight excluding hydrogens is 297 g/mol. The maximum Gasteiger partial charge on any atom is 0.417 e. The monoisotopic (exact) mass is 318 g/mol. The number of rotatable bonds is 6. The van der Waals surface area contributed by atoms with Crippen LogP contribution < -0.4 is 15.4 Å². The van der Waals surface area contributed by atoms with Crippen molar-refractivity contribution in [2.45, 2.75) is 32.5 Å². The first-order chi connectivity index (χ1) is 10.4. The Kier molecular flexibility index (Phi) is 6.94. The zero-order valence-electron chi connectivity index (χ0n) is 12.9. The molecule has 1 rings (SSSR count). The minimum atomic E-state index is -4.39. The highest BCUT2D eigenvalue weighted by Crippen LogP contribution is 2.29. The van der Waals surface area contributed by atoms with E-state index in [4.69, 9.17) is 4.74 Å². The number of nitrogens with zero attached hydrogens (tertiary/aromatic N) is 2. The summed E-state index contributed by atoms with van der Waals surface area (Å²) in [6.45, 7) is 4.82. The maximum absolute atomic E-state index is 12.4. The summed E-state index contributed by atoms with van der Waals surface area (Å²) in [6, 6.07) is 2.44. The highest BCUT2D eigenvalue weighted by molar-refractivity contribution is 5.79. The van der Waals surface area contributed by atoms with Crippen molar-refractivity contribution in [3.63, 3.8) is 0 Å². The number of hydrogen-bond donors (Lipinski definition) is 2. The van der Waals surface area contributed by atoms with Gasteiger partial charge in [-0.15, -0.1) is 0 Å². The van der Waals surface area contributed by atoms with Crippen LogP contribution in [0.3, 0.4) is 0 Å². The van der Waals surface area contributed by atoms with E-state index >= 15 is 0 Å². The number of aliphatic imine (C=N–C) groups is 1. The molecule has 0 fully saturated rings. The summed E-state index contributed by atoms with van der Waals surface area (Å²) in [5, 5.41) is 6.23. The van der Waals surface area contributed by atoms with Gasteiger partial charge >= 0.3 is 6.18 Å². The fourth-order valence-electron chi connectivity index (χ4n) is 1.49. The molecule has 5 nitrogen and oxygen atoms in total. The molecule has 0 amide bonds. The zero-order valence-corrected chi connectivity index (χ0v) is 12.9. The normalized spacial score (nSPS) is 13.6. The molecule has 0 spiro atoms. The van der Waals surface area contributed by atoms with E-state index in [1.54, 1.807) is 7.05 Å². The summed E-state index contributed by atoms with van der Waals surface area (Å²) in [5.74, 6) is 0.804. The van der Waals surface area contributed by atoms with Crippen LogP contribution in [-0.2, 0) is 6.18 Å². The van der Waals surface area contributed by atoms with Gasteiger partial charge in [0, 0.05) is 25.4 Å². The highest BCUT2D eigenvalue weighted by atomic mass is 19.4. The number of guanidine groups is 1. The molecule has 0 aliphatic rings. The Labute approximate surface area is 128 Å². The number of alkyl halides is 3. The molecule has 8 heteroatoms. The second-order valence-electron chi connectivity index (χ2n) is 4.68. The maximum atomic E-state index is 12.4. The van der Waals surface area contributed by atoms with E-state index in [0.29, 0.717) is 18.5 Å². The van der Waals surface area contributed by atoms with Gasteiger partial charge in [0.25, 0.3) is 0 Å². The minimum absolute atomic E-state index is 0.152. The van der Waals surface area contributed by atoms with Crippen LogP contribution in [0.5, 0.6) is 5.88 Å². The van der Waals surface area contributed by atoms with Gasteiger partial charge in [0.2, 0.25) is 5.88 Å². The molecule has 0 bridgehead atoms. The lowest BCUT2D eigenvalue weighted by Crippen LogP contribution is -2.43. The van der Waals surface area contributed by atoms with Crippen molar-refractivity contribution in [3.05, 3.63) is 23.9 Å². The van der Waals surface area contributed by atoms with E-state index in [1.165, 1.54) is 6.07 Å². The molecule has 0 aliphatic carbocycles. The van der Waals surface area contributed by atoms with E-state index in [1.807, 2.05) is 6.92 Å². The number of pyridine rings is 1. The fourth-order valence-corrected chi connectivity index (χ4v) is 1.49. The van der Waals surface area contributed by atoms with Crippen molar-refractivity contribution in [2.24, 2.45) is 4.99 Å². The summed E-state index contributed by atoms with van der Waals surface area (Å²) in [5.41, 5.74) is -0.795. The van der Waals surface area contributed by atoms with Gasteiger partial charge in [0.15, 0.2) is 5.96 Å². The van der Waals surface area contributed by atoms with E-state index in [0.717, 1.165) is 18.7 Å². The van der Waals surface area contributed by atoms with Gasteiger partial charge in [-0.25, -0.2) is 4.98 Å². The van der Waals surface area contributed by atoms with Crippen LogP contribution >= 0.6 is 0 Å².